The lowest BCUT2D eigenvalue weighted by Gasteiger charge is -2.13. The zero-order chi connectivity index (χ0) is 12.5. The predicted octanol–water partition coefficient (Wildman–Crippen LogP) is 3.37. The molecule has 0 bridgehead atoms. The van der Waals surface area contributed by atoms with Gasteiger partial charge in [-0.25, -0.2) is 0 Å². The predicted molar refractivity (Wildman–Crippen MR) is 51.8 cm³/mol. The van der Waals surface area contributed by atoms with Gasteiger partial charge in [-0.3, -0.25) is 9.59 Å². The number of benzene rings is 1. The van der Waals surface area contributed by atoms with Gasteiger partial charge in [-0.15, -0.1) is 0 Å². The maximum atomic E-state index is 12.6. The molecular formula is C10H6ClF3O2. The highest BCUT2D eigenvalue weighted by Gasteiger charge is 2.37. The summed E-state index contributed by atoms with van der Waals surface area (Å²) in [7, 11) is 0. The fraction of sp³-hybridized carbons (Fsp3) is 0.200. The van der Waals surface area contributed by atoms with E-state index in [2.05, 4.69) is 0 Å². The van der Waals surface area contributed by atoms with Crippen molar-refractivity contribution in [2.75, 3.05) is 0 Å². The monoisotopic (exact) mass is 250 g/mol. The second kappa shape index (κ2) is 4.25. The lowest BCUT2D eigenvalue weighted by molar-refractivity contribution is -0.138. The van der Waals surface area contributed by atoms with E-state index in [9.17, 15) is 22.8 Å². The van der Waals surface area contributed by atoms with Gasteiger partial charge in [0.2, 0.25) is 0 Å². The Morgan fingerprint density at radius 1 is 1.38 bits per heavy atom. The molecule has 0 aliphatic heterocycles. The number of carbonyl (C=O) groups excluding carboxylic acids is 2. The maximum absolute atomic E-state index is 12.6. The van der Waals surface area contributed by atoms with E-state index in [4.69, 9.17) is 11.6 Å². The molecule has 0 spiro atoms. The molecule has 0 fully saturated rings. The van der Waals surface area contributed by atoms with Gasteiger partial charge in [-0.2, -0.15) is 13.2 Å². The molecule has 1 rings (SSSR count). The smallest absolute Gasteiger partial charge is 0.298 e. The number of hydrogen-bond acceptors (Lipinski definition) is 2. The fourth-order valence-corrected chi connectivity index (χ4v) is 1.54. The highest BCUT2D eigenvalue weighted by Crippen LogP contribution is 2.36. The lowest BCUT2D eigenvalue weighted by Crippen LogP contribution is -2.15. The molecule has 0 radical (unpaired) electrons. The van der Waals surface area contributed by atoms with Crippen molar-refractivity contribution in [1.82, 2.24) is 0 Å². The number of carbonyl (C=O) groups is 2. The largest absolute Gasteiger partial charge is 0.417 e. The zero-order valence-corrected chi connectivity index (χ0v) is 8.82. The molecule has 2 nitrogen and oxygen atoms in total. The van der Waals surface area contributed by atoms with Gasteiger partial charge in [0.1, 0.15) is 0 Å². The Balaban J connectivity index is 3.65. The number of Topliss-reactive ketones (excluding diaryl/α,β-unsaturated/α-hetero) is 1. The van der Waals surface area contributed by atoms with Crippen molar-refractivity contribution >= 4 is 23.7 Å². The van der Waals surface area contributed by atoms with Gasteiger partial charge in [0.25, 0.3) is 0 Å². The summed E-state index contributed by atoms with van der Waals surface area (Å²) < 4.78 is 37.9. The van der Waals surface area contributed by atoms with Crippen LogP contribution in [0.5, 0.6) is 0 Å². The highest BCUT2D eigenvalue weighted by molar-refractivity contribution is 6.31. The van der Waals surface area contributed by atoms with Gasteiger partial charge in [0.05, 0.1) is 5.56 Å². The van der Waals surface area contributed by atoms with Crippen molar-refractivity contribution in [1.29, 1.82) is 0 Å². The molecule has 6 heteroatoms. The fourth-order valence-electron chi connectivity index (χ4n) is 1.31. The van der Waals surface area contributed by atoms with E-state index in [1.165, 1.54) is 0 Å². The van der Waals surface area contributed by atoms with E-state index in [-0.39, 0.29) is 11.3 Å². The van der Waals surface area contributed by atoms with Crippen LogP contribution in [0.15, 0.2) is 12.1 Å². The molecule has 0 heterocycles. The van der Waals surface area contributed by atoms with Gasteiger partial charge in [-0.05, 0) is 19.1 Å². The first-order valence-corrected chi connectivity index (χ1v) is 4.52. The van der Waals surface area contributed by atoms with Crippen LogP contribution in [0.4, 0.5) is 13.2 Å². The van der Waals surface area contributed by atoms with Gasteiger partial charge in [0, 0.05) is 16.1 Å². The first kappa shape index (κ1) is 12.7. The summed E-state index contributed by atoms with van der Waals surface area (Å²) in [6, 6.07) is 1.78. The molecule has 0 saturated carbocycles. The van der Waals surface area contributed by atoms with Gasteiger partial charge >= 0.3 is 6.18 Å². The Morgan fingerprint density at radius 2 is 1.94 bits per heavy atom. The van der Waals surface area contributed by atoms with Crippen molar-refractivity contribution in [3.05, 3.63) is 33.8 Å². The summed E-state index contributed by atoms with van der Waals surface area (Å²) >= 11 is 5.52. The molecule has 0 N–H and O–H groups in total. The average molecular weight is 251 g/mol. The van der Waals surface area contributed by atoms with Crippen LogP contribution in [0.25, 0.3) is 0 Å². The number of aldehydes is 1. The van der Waals surface area contributed by atoms with Crippen molar-refractivity contribution in [3.63, 3.8) is 0 Å². The second-order valence-electron chi connectivity index (χ2n) is 3.09. The van der Waals surface area contributed by atoms with Crippen molar-refractivity contribution in [2.24, 2.45) is 0 Å². The third-order valence-corrected chi connectivity index (χ3v) is 2.14. The SMILES string of the molecule is CC(=O)c1cc(Cl)cc(C=O)c1C(F)(F)F. The van der Waals surface area contributed by atoms with Crippen LogP contribution in [0, 0.1) is 0 Å². The molecule has 0 aliphatic rings. The molecule has 1 aromatic carbocycles. The number of ketones is 1. The third-order valence-electron chi connectivity index (χ3n) is 1.92. The summed E-state index contributed by atoms with van der Waals surface area (Å²) in [5, 5.41) is -0.0831. The Kier molecular flexibility index (Phi) is 3.38. The van der Waals surface area contributed by atoms with Crippen LogP contribution in [-0.2, 0) is 6.18 Å². The van der Waals surface area contributed by atoms with Crippen molar-refractivity contribution in [2.45, 2.75) is 13.1 Å². The minimum atomic E-state index is -4.76. The number of rotatable bonds is 2. The first-order valence-electron chi connectivity index (χ1n) is 4.14. The highest BCUT2D eigenvalue weighted by atomic mass is 35.5. The van der Waals surface area contributed by atoms with Crippen molar-refractivity contribution < 1.29 is 22.8 Å². The minimum absolute atomic E-state index is 0.0289. The van der Waals surface area contributed by atoms with E-state index < -0.39 is 28.6 Å². The van der Waals surface area contributed by atoms with Gasteiger partial charge < -0.3 is 0 Å². The summed E-state index contributed by atoms with van der Waals surface area (Å²) in [6.45, 7) is 0.982. The lowest BCUT2D eigenvalue weighted by atomic mass is 9.98. The molecule has 86 valence electrons. The summed E-state index contributed by atoms with van der Waals surface area (Å²) in [6.07, 6.45) is -4.73. The average Bonchev–Trinajstić information content (AvgIpc) is 2.14. The minimum Gasteiger partial charge on any atom is -0.298 e. The summed E-state index contributed by atoms with van der Waals surface area (Å²) in [4.78, 5) is 21.6. The Hall–Kier alpha value is -1.36. The Bertz CT molecular complexity index is 452. The molecule has 1 aromatic rings. The maximum Gasteiger partial charge on any atom is 0.417 e. The molecule has 0 aromatic heterocycles. The molecule has 0 aliphatic carbocycles. The standard InChI is InChI=1S/C10H6ClF3O2/c1-5(16)8-3-7(11)2-6(4-15)9(8)10(12,13)14/h2-4H,1H3. The van der Waals surface area contributed by atoms with Crippen LogP contribution in [0.2, 0.25) is 5.02 Å². The topological polar surface area (TPSA) is 34.1 Å². The molecule has 0 saturated heterocycles. The normalized spacial score (nSPS) is 11.3. The first-order chi connectivity index (χ1) is 7.27. The van der Waals surface area contributed by atoms with Crippen molar-refractivity contribution in [3.8, 4) is 0 Å². The van der Waals surface area contributed by atoms with Crippen LogP contribution >= 0.6 is 11.6 Å². The summed E-state index contributed by atoms with van der Waals surface area (Å²) in [5.41, 5.74) is -2.47. The van der Waals surface area contributed by atoms with Crippen LogP contribution in [-0.4, -0.2) is 12.1 Å². The molecular weight excluding hydrogens is 245 g/mol. The number of hydrogen-bond donors (Lipinski definition) is 0. The molecule has 0 amide bonds. The quantitative estimate of drug-likeness (QED) is 0.596. The Morgan fingerprint density at radius 3 is 2.31 bits per heavy atom. The van der Waals surface area contributed by atoms with E-state index in [0.29, 0.717) is 0 Å². The van der Waals surface area contributed by atoms with E-state index in [1.54, 1.807) is 0 Å². The Labute approximate surface area is 94.0 Å². The second-order valence-corrected chi connectivity index (χ2v) is 3.53. The number of halogens is 4. The third kappa shape index (κ3) is 2.41. The van der Waals surface area contributed by atoms with E-state index in [1.807, 2.05) is 0 Å². The molecule has 16 heavy (non-hydrogen) atoms. The van der Waals surface area contributed by atoms with E-state index >= 15 is 0 Å². The molecule has 0 unspecified atom stereocenters. The molecule has 0 atom stereocenters. The zero-order valence-electron chi connectivity index (χ0n) is 8.06. The van der Waals surface area contributed by atoms with Crippen LogP contribution < -0.4 is 0 Å². The van der Waals surface area contributed by atoms with Crippen LogP contribution in [0.3, 0.4) is 0 Å². The van der Waals surface area contributed by atoms with Gasteiger partial charge in [-0.1, -0.05) is 11.6 Å². The van der Waals surface area contributed by atoms with Gasteiger partial charge in [0.15, 0.2) is 12.1 Å². The van der Waals surface area contributed by atoms with Crippen LogP contribution in [0.1, 0.15) is 33.2 Å². The number of alkyl halides is 3. The summed E-state index contributed by atoms with van der Waals surface area (Å²) in [5.74, 6) is -0.794. The van der Waals surface area contributed by atoms with E-state index in [0.717, 1.165) is 19.1 Å².